The second-order valence-corrected chi connectivity index (χ2v) is 6.09. The number of rotatable bonds is 6. The summed E-state index contributed by atoms with van der Waals surface area (Å²) in [5.74, 6) is 0.444. The third-order valence-corrected chi connectivity index (χ3v) is 4.12. The summed E-state index contributed by atoms with van der Waals surface area (Å²) in [6.45, 7) is 0. The molecule has 0 fully saturated rings. The maximum atomic E-state index is 10.7. The molecule has 0 aliphatic heterocycles. The van der Waals surface area contributed by atoms with Gasteiger partial charge in [-0.1, -0.05) is 60.7 Å². The van der Waals surface area contributed by atoms with Gasteiger partial charge in [-0.25, -0.2) is 0 Å². The van der Waals surface area contributed by atoms with Gasteiger partial charge in [0.1, 0.15) is 11.5 Å². The fraction of sp³-hybridized carbons (Fsp3) is 0.136. The first kappa shape index (κ1) is 22.0. The number of carboxylic acids is 1. The number of carboxylic acid groups (broad SMARTS) is 1. The fourth-order valence-electron chi connectivity index (χ4n) is 2.79. The van der Waals surface area contributed by atoms with Gasteiger partial charge >= 0.3 is 13.1 Å². The van der Waals surface area contributed by atoms with Crippen molar-refractivity contribution in [3.8, 4) is 22.6 Å². The minimum Gasteiger partial charge on any atom is -0.497 e. The molecule has 0 radical (unpaired) electrons. The van der Waals surface area contributed by atoms with Gasteiger partial charge in [0.05, 0.1) is 20.6 Å². The van der Waals surface area contributed by atoms with Gasteiger partial charge in [0, 0.05) is 11.0 Å². The van der Waals surface area contributed by atoms with E-state index in [4.69, 9.17) is 24.6 Å². The van der Waals surface area contributed by atoms with Crippen LogP contribution in [-0.2, 0) is 11.2 Å². The van der Waals surface area contributed by atoms with Crippen LogP contribution in [0.4, 0.5) is 0 Å². The number of hydrogen-bond acceptors (Lipinski definition) is 5. The lowest BCUT2D eigenvalue weighted by atomic mass is 9.80. The van der Waals surface area contributed by atoms with Gasteiger partial charge in [-0.3, -0.25) is 4.79 Å². The summed E-state index contributed by atoms with van der Waals surface area (Å²) in [5, 5.41) is 26.4. The predicted octanol–water partition coefficient (Wildman–Crippen LogP) is 2.36. The number of ether oxygens (including phenoxy) is 2. The van der Waals surface area contributed by atoms with Gasteiger partial charge in [-0.15, -0.1) is 0 Å². The Labute approximate surface area is 170 Å². The SMILES string of the molecule is COc1ccccc1-c1cccc(CC(=O)O)c1.COc1ccccc1B(O)O. The highest BCUT2D eigenvalue weighted by molar-refractivity contribution is 6.59. The molecule has 0 bridgehead atoms. The third kappa shape index (κ3) is 6.38. The lowest BCUT2D eigenvalue weighted by molar-refractivity contribution is -0.136. The Morgan fingerprint density at radius 3 is 2.07 bits per heavy atom. The average Bonchev–Trinajstić information content (AvgIpc) is 2.73. The van der Waals surface area contributed by atoms with Gasteiger partial charge < -0.3 is 24.6 Å². The van der Waals surface area contributed by atoms with Crippen LogP contribution in [0, 0.1) is 0 Å². The molecule has 3 aromatic rings. The molecule has 3 N–H and O–H groups in total. The number of hydrogen-bond donors (Lipinski definition) is 3. The van der Waals surface area contributed by atoms with Crippen molar-refractivity contribution in [2.75, 3.05) is 14.2 Å². The van der Waals surface area contributed by atoms with E-state index in [2.05, 4.69) is 0 Å². The van der Waals surface area contributed by atoms with Crippen LogP contribution in [0.5, 0.6) is 11.5 Å². The zero-order valence-electron chi connectivity index (χ0n) is 16.3. The molecule has 0 saturated heterocycles. The molecule has 0 aliphatic rings. The van der Waals surface area contributed by atoms with E-state index >= 15 is 0 Å². The average molecular weight is 394 g/mol. The molecule has 150 valence electrons. The molecule has 3 rings (SSSR count). The highest BCUT2D eigenvalue weighted by atomic mass is 16.5. The van der Waals surface area contributed by atoms with E-state index in [-0.39, 0.29) is 6.42 Å². The van der Waals surface area contributed by atoms with Crippen molar-refractivity contribution in [2.45, 2.75) is 6.42 Å². The minimum absolute atomic E-state index is 0.0307. The van der Waals surface area contributed by atoms with Gasteiger partial charge in [0.25, 0.3) is 0 Å². The summed E-state index contributed by atoms with van der Waals surface area (Å²) in [7, 11) is 1.65. The summed E-state index contributed by atoms with van der Waals surface area (Å²) >= 11 is 0. The second kappa shape index (κ2) is 10.9. The van der Waals surface area contributed by atoms with Crippen LogP contribution in [0.15, 0.2) is 72.8 Å². The summed E-state index contributed by atoms with van der Waals surface area (Å²) in [6.07, 6.45) is 0.0307. The van der Waals surface area contributed by atoms with E-state index in [1.807, 2.05) is 48.5 Å². The Kier molecular flexibility index (Phi) is 8.27. The Hall–Kier alpha value is -3.29. The molecule has 0 amide bonds. The molecule has 3 aromatic carbocycles. The first-order valence-corrected chi connectivity index (χ1v) is 8.89. The smallest absolute Gasteiger partial charge is 0.492 e. The van der Waals surface area contributed by atoms with E-state index in [1.54, 1.807) is 31.4 Å². The Balaban J connectivity index is 0.000000234. The second-order valence-electron chi connectivity index (χ2n) is 6.09. The number of aliphatic carboxylic acids is 1. The zero-order chi connectivity index (χ0) is 21.2. The molecule has 7 heteroatoms. The van der Waals surface area contributed by atoms with E-state index in [9.17, 15) is 4.79 Å². The lowest BCUT2D eigenvalue weighted by Crippen LogP contribution is -2.30. The third-order valence-electron chi connectivity index (χ3n) is 4.12. The maximum absolute atomic E-state index is 10.7. The molecule has 0 spiro atoms. The topological polar surface area (TPSA) is 96.2 Å². The Morgan fingerprint density at radius 1 is 0.862 bits per heavy atom. The van der Waals surface area contributed by atoms with Crippen molar-refractivity contribution >= 4 is 18.6 Å². The van der Waals surface area contributed by atoms with Crippen LogP contribution < -0.4 is 14.9 Å². The van der Waals surface area contributed by atoms with Gasteiger partial charge in [-0.05, 0) is 23.3 Å². The van der Waals surface area contributed by atoms with Crippen molar-refractivity contribution in [1.82, 2.24) is 0 Å². The molecule has 0 saturated carbocycles. The zero-order valence-corrected chi connectivity index (χ0v) is 16.3. The van der Waals surface area contributed by atoms with Crippen LogP contribution >= 0.6 is 0 Å². The molecule has 0 aliphatic carbocycles. The highest BCUT2D eigenvalue weighted by Gasteiger charge is 2.15. The van der Waals surface area contributed by atoms with Crippen molar-refractivity contribution in [3.05, 3.63) is 78.4 Å². The number of benzene rings is 3. The van der Waals surface area contributed by atoms with Crippen molar-refractivity contribution < 1.29 is 29.4 Å². The van der Waals surface area contributed by atoms with E-state index in [1.165, 1.54) is 7.11 Å². The van der Waals surface area contributed by atoms with Crippen LogP contribution in [0.2, 0.25) is 0 Å². The van der Waals surface area contributed by atoms with Gasteiger partial charge in [0.2, 0.25) is 0 Å². The lowest BCUT2D eigenvalue weighted by Gasteiger charge is -2.09. The van der Waals surface area contributed by atoms with Crippen LogP contribution in [0.3, 0.4) is 0 Å². The van der Waals surface area contributed by atoms with Gasteiger partial charge in [0.15, 0.2) is 0 Å². The number of carbonyl (C=O) groups is 1. The van der Waals surface area contributed by atoms with E-state index in [0.29, 0.717) is 11.2 Å². The standard InChI is InChI=1S/C15H14O3.C7H9BO3/c1-18-14-8-3-2-7-13(14)12-6-4-5-11(9-12)10-15(16)17;1-11-7-5-3-2-4-6(7)8(9)10/h2-9H,10H2,1H3,(H,16,17);2-5,9-10H,1H3. The normalized spacial score (nSPS) is 9.79. The van der Waals surface area contributed by atoms with Crippen molar-refractivity contribution in [3.63, 3.8) is 0 Å². The molecular weight excluding hydrogens is 371 g/mol. The van der Waals surface area contributed by atoms with E-state index in [0.717, 1.165) is 22.4 Å². The summed E-state index contributed by atoms with van der Waals surface area (Å²) in [4.78, 5) is 10.7. The molecule has 0 heterocycles. The first-order valence-electron chi connectivity index (χ1n) is 8.89. The largest absolute Gasteiger partial charge is 0.497 e. The minimum atomic E-state index is -1.47. The fourth-order valence-corrected chi connectivity index (χ4v) is 2.79. The molecule has 6 nitrogen and oxygen atoms in total. The van der Waals surface area contributed by atoms with Gasteiger partial charge in [-0.2, -0.15) is 0 Å². The maximum Gasteiger partial charge on any atom is 0.492 e. The molecule has 0 unspecified atom stereocenters. The summed E-state index contributed by atoms with van der Waals surface area (Å²) < 4.78 is 10.2. The quantitative estimate of drug-likeness (QED) is 0.556. The molecule has 29 heavy (non-hydrogen) atoms. The van der Waals surface area contributed by atoms with Crippen molar-refractivity contribution in [2.24, 2.45) is 0 Å². The van der Waals surface area contributed by atoms with E-state index < -0.39 is 13.1 Å². The molecule has 0 atom stereocenters. The molecule has 0 aromatic heterocycles. The predicted molar refractivity (Wildman–Crippen MR) is 113 cm³/mol. The molecular formula is C22H23BO6. The monoisotopic (exact) mass is 394 g/mol. The first-order chi connectivity index (χ1) is 14.0. The van der Waals surface area contributed by atoms with Crippen LogP contribution in [0.1, 0.15) is 5.56 Å². The Bertz CT molecular complexity index is 942. The summed E-state index contributed by atoms with van der Waals surface area (Å²) in [6, 6.07) is 22.0. The van der Waals surface area contributed by atoms with Crippen molar-refractivity contribution in [1.29, 1.82) is 0 Å². The number of methoxy groups -OCH3 is 2. The summed E-state index contributed by atoms with van der Waals surface area (Å²) in [5.41, 5.74) is 3.10. The van der Waals surface area contributed by atoms with Crippen LogP contribution in [-0.4, -0.2) is 42.5 Å². The number of para-hydroxylation sites is 2. The highest BCUT2D eigenvalue weighted by Crippen LogP contribution is 2.29. The Morgan fingerprint density at radius 2 is 1.48 bits per heavy atom. The van der Waals surface area contributed by atoms with Crippen LogP contribution in [0.25, 0.3) is 11.1 Å².